The van der Waals surface area contributed by atoms with Crippen LogP contribution in [-0.2, 0) is 0 Å². The van der Waals surface area contributed by atoms with Crippen LogP contribution < -0.4 is 0 Å². The minimum atomic E-state index is -0.746. The van der Waals surface area contributed by atoms with Crippen LogP contribution in [0.2, 0.25) is 0 Å². The molecule has 0 saturated carbocycles. The number of thioether (sulfide) groups is 2. The van der Waals surface area contributed by atoms with Crippen molar-refractivity contribution < 1.29 is 4.79 Å². The Morgan fingerprint density at radius 3 is 2.23 bits per heavy atom. The highest BCUT2D eigenvalue weighted by molar-refractivity contribution is 8.39. The molecule has 0 bridgehead atoms. The maximum atomic E-state index is 11.1. The minimum Gasteiger partial charge on any atom is -0.274 e. The molecule has 13 heavy (non-hydrogen) atoms. The molecule has 0 aliphatic rings. The molecule has 0 aromatic rings. The number of hydrogen-bond acceptors (Lipinski definition) is 3. The van der Waals surface area contributed by atoms with E-state index in [-0.39, 0.29) is 9.82 Å². The molecular formula is C6H8Cl4OS2. The third kappa shape index (κ3) is 8.52. The summed E-state index contributed by atoms with van der Waals surface area (Å²) in [6.07, 6.45) is 0. The summed E-state index contributed by atoms with van der Waals surface area (Å²) in [4.78, 5) is 10.4. The van der Waals surface area contributed by atoms with Gasteiger partial charge in [-0.25, -0.2) is 0 Å². The summed E-state index contributed by atoms with van der Waals surface area (Å²) in [5, 5.41) is -0.0360. The first-order valence-electron chi connectivity index (χ1n) is 3.33. The Morgan fingerprint density at radius 2 is 1.85 bits per heavy atom. The average molecular weight is 302 g/mol. The summed E-state index contributed by atoms with van der Waals surface area (Å²) in [5.41, 5.74) is 0. The maximum absolute atomic E-state index is 11.1. The van der Waals surface area contributed by atoms with E-state index in [0.29, 0.717) is 5.75 Å². The zero-order valence-electron chi connectivity index (χ0n) is 6.68. The monoisotopic (exact) mass is 300 g/mol. The second-order valence-corrected chi connectivity index (χ2v) is 7.15. The fraction of sp³-hybridized carbons (Fsp3) is 0.833. The van der Waals surface area contributed by atoms with E-state index in [9.17, 15) is 4.79 Å². The zero-order valence-corrected chi connectivity index (χ0v) is 11.3. The van der Waals surface area contributed by atoms with Crippen LogP contribution in [0.3, 0.4) is 0 Å². The normalized spacial score (nSPS) is 15.8. The summed E-state index contributed by atoms with van der Waals surface area (Å²) in [7, 11) is 0. The number of rotatable bonds is 4. The van der Waals surface area contributed by atoms with Gasteiger partial charge in [0.1, 0.15) is 9.55 Å². The lowest BCUT2D eigenvalue weighted by atomic mass is 10.6. The lowest BCUT2D eigenvalue weighted by molar-refractivity contribution is 0.276. The van der Waals surface area contributed by atoms with Crippen LogP contribution >= 0.6 is 69.9 Å². The summed E-state index contributed by atoms with van der Waals surface area (Å²) in [6.45, 7) is 1.82. The van der Waals surface area contributed by atoms with Gasteiger partial charge in [0.05, 0.1) is 0 Å². The number of carbonyl (C=O) groups excluding carboxylic acids is 1. The van der Waals surface area contributed by atoms with Gasteiger partial charge in [0.25, 0.3) is 0 Å². The first-order chi connectivity index (χ1) is 5.93. The Morgan fingerprint density at radius 1 is 1.31 bits per heavy atom. The van der Waals surface area contributed by atoms with Gasteiger partial charge in [0.2, 0.25) is 4.45 Å². The molecule has 0 amide bonds. The lowest BCUT2D eigenvalue weighted by Crippen LogP contribution is -2.06. The highest BCUT2D eigenvalue weighted by Crippen LogP contribution is 2.30. The van der Waals surface area contributed by atoms with Crippen LogP contribution in [0.4, 0.5) is 4.79 Å². The highest BCUT2D eigenvalue weighted by Gasteiger charge is 2.19. The molecule has 0 saturated heterocycles. The smallest absolute Gasteiger partial charge is 0.247 e. The van der Waals surface area contributed by atoms with Crippen molar-refractivity contribution in [3.8, 4) is 0 Å². The van der Waals surface area contributed by atoms with Crippen molar-refractivity contribution in [3.63, 3.8) is 0 Å². The molecule has 0 spiro atoms. The van der Waals surface area contributed by atoms with Crippen LogP contribution in [0, 0.1) is 0 Å². The molecule has 0 fully saturated rings. The minimum absolute atomic E-state index is 0.0360. The van der Waals surface area contributed by atoms with E-state index < -0.39 is 9.55 Å². The fourth-order valence-corrected chi connectivity index (χ4v) is 2.70. The van der Waals surface area contributed by atoms with Crippen LogP contribution in [0.1, 0.15) is 6.92 Å². The third-order valence-electron chi connectivity index (χ3n) is 0.838. The molecule has 0 aliphatic carbocycles. The van der Waals surface area contributed by atoms with Crippen molar-refractivity contribution >= 4 is 74.4 Å². The molecule has 2 atom stereocenters. The second kappa shape index (κ2) is 7.77. The SMILES string of the molecule is CC(Cl)CSC(=O)SC(Cl)C(Cl)Cl. The predicted molar refractivity (Wildman–Crippen MR) is 65.9 cm³/mol. The fourth-order valence-electron chi connectivity index (χ4n) is 0.360. The Labute approximate surface area is 106 Å². The molecule has 0 aromatic heterocycles. The summed E-state index contributed by atoms with van der Waals surface area (Å²) >= 11 is 24.3. The summed E-state index contributed by atoms with van der Waals surface area (Å²) in [5.74, 6) is 0.562. The topological polar surface area (TPSA) is 17.1 Å². The molecule has 0 radical (unpaired) electrons. The Kier molecular flexibility index (Phi) is 8.69. The zero-order chi connectivity index (χ0) is 10.4. The van der Waals surface area contributed by atoms with Gasteiger partial charge in [-0.1, -0.05) is 23.5 Å². The van der Waals surface area contributed by atoms with Crippen molar-refractivity contribution in [1.29, 1.82) is 0 Å². The van der Waals surface area contributed by atoms with E-state index in [2.05, 4.69) is 0 Å². The van der Waals surface area contributed by atoms with Crippen molar-refractivity contribution in [3.05, 3.63) is 0 Å². The van der Waals surface area contributed by atoms with Crippen LogP contribution in [-0.4, -0.2) is 25.1 Å². The largest absolute Gasteiger partial charge is 0.274 e. The molecule has 0 heterocycles. The molecule has 0 N–H and O–H groups in total. The maximum Gasteiger partial charge on any atom is 0.247 e. The van der Waals surface area contributed by atoms with Gasteiger partial charge in [-0.15, -0.1) is 46.4 Å². The molecule has 0 rings (SSSR count). The summed E-state index contributed by atoms with van der Waals surface area (Å²) in [6, 6.07) is 0. The van der Waals surface area contributed by atoms with Gasteiger partial charge in [-0.3, -0.25) is 4.79 Å². The average Bonchev–Trinajstić information content (AvgIpc) is 2.00. The van der Waals surface area contributed by atoms with E-state index in [1.165, 1.54) is 0 Å². The van der Waals surface area contributed by atoms with E-state index in [1.54, 1.807) is 0 Å². The molecule has 0 aromatic carbocycles. The first kappa shape index (κ1) is 14.5. The van der Waals surface area contributed by atoms with Gasteiger partial charge in [-0.05, 0) is 6.92 Å². The quantitative estimate of drug-likeness (QED) is 0.708. The molecule has 7 heteroatoms. The van der Waals surface area contributed by atoms with E-state index in [4.69, 9.17) is 46.4 Å². The predicted octanol–water partition coefficient (Wildman–Crippen LogP) is 4.57. The van der Waals surface area contributed by atoms with Crippen LogP contribution in [0.5, 0.6) is 0 Å². The standard InChI is InChI=1S/C6H8Cl4OS2/c1-3(7)2-12-6(11)13-5(10)4(8)9/h3-5H,2H2,1H3. The van der Waals surface area contributed by atoms with Gasteiger partial charge in [0, 0.05) is 11.1 Å². The number of hydrogen-bond donors (Lipinski definition) is 0. The molecule has 78 valence electrons. The van der Waals surface area contributed by atoms with Crippen molar-refractivity contribution in [1.82, 2.24) is 0 Å². The van der Waals surface area contributed by atoms with Crippen molar-refractivity contribution in [2.24, 2.45) is 0 Å². The molecule has 0 aliphatic heterocycles. The molecular weight excluding hydrogens is 294 g/mol. The van der Waals surface area contributed by atoms with E-state index in [1.807, 2.05) is 6.92 Å². The van der Waals surface area contributed by atoms with Crippen molar-refractivity contribution in [2.75, 3.05) is 5.75 Å². The number of halogens is 4. The molecule has 2 unspecified atom stereocenters. The van der Waals surface area contributed by atoms with E-state index >= 15 is 0 Å². The second-order valence-electron chi connectivity index (χ2n) is 2.15. The highest BCUT2D eigenvalue weighted by atomic mass is 35.5. The molecule has 1 nitrogen and oxygen atoms in total. The van der Waals surface area contributed by atoms with Crippen molar-refractivity contribution in [2.45, 2.75) is 21.8 Å². The van der Waals surface area contributed by atoms with Gasteiger partial charge in [0.15, 0.2) is 0 Å². The number of carbonyl (C=O) groups is 1. The van der Waals surface area contributed by atoms with Crippen LogP contribution in [0.25, 0.3) is 0 Å². The van der Waals surface area contributed by atoms with E-state index in [0.717, 1.165) is 23.5 Å². The Hall–Kier alpha value is 1.53. The number of alkyl halides is 4. The van der Waals surface area contributed by atoms with Gasteiger partial charge >= 0.3 is 0 Å². The first-order valence-corrected chi connectivity index (χ1v) is 6.94. The lowest BCUT2D eigenvalue weighted by Gasteiger charge is -2.07. The van der Waals surface area contributed by atoms with Gasteiger partial charge in [-0.2, -0.15) is 0 Å². The van der Waals surface area contributed by atoms with Gasteiger partial charge < -0.3 is 0 Å². The summed E-state index contributed by atoms with van der Waals surface area (Å²) < 4.78 is -0.715. The van der Waals surface area contributed by atoms with Crippen LogP contribution in [0.15, 0.2) is 0 Å². The Bertz CT molecular complexity index is 165. The third-order valence-corrected chi connectivity index (χ3v) is 4.99. The Balaban J connectivity index is 3.62.